The van der Waals surface area contributed by atoms with E-state index in [1.807, 2.05) is 0 Å². The van der Waals surface area contributed by atoms with Crippen molar-refractivity contribution >= 4 is 42.3 Å². The van der Waals surface area contributed by atoms with E-state index in [1.165, 1.54) is 0 Å². The highest BCUT2D eigenvalue weighted by atomic mass is 35.5. The molecule has 1 heterocycles. The first-order valence-corrected chi connectivity index (χ1v) is 5.81. The van der Waals surface area contributed by atoms with Gasteiger partial charge in [0.15, 0.2) is 0 Å². The standard InChI is InChI=1S/C12H18N4O2.2ClH/c1-9(7-13)12(18)15-6-4-11(17)16-10-3-2-5-14-8-10;;/h2-3,5,8-9H,4,6-7,13H2,1H3,(H,15,18)(H,16,17);2*1H. The van der Waals surface area contributed by atoms with Crippen LogP contribution in [-0.2, 0) is 9.59 Å². The molecular formula is C12H20Cl2N4O2. The molecule has 0 aliphatic rings. The number of halogens is 2. The van der Waals surface area contributed by atoms with Gasteiger partial charge in [-0.25, -0.2) is 0 Å². The monoisotopic (exact) mass is 322 g/mol. The Hall–Kier alpha value is -1.37. The second-order valence-electron chi connectivity index (χ2n) is 3.97. The second kappa shape index (κ2) is 11.5. The molecule has 0 radical (unpaired) electrons. The predicted molar refractivity (Wildman–Crippen MR) is 83.2 cm³/mol. The van der Waals surface area contributed by atoms with Crippen LogP contribution in [0.3, 0.4) is 0 Å². The maximum Gasteiger partial charge on any atom is 0.226 e. The molecule has 20 heavy (non-hydrogen) atoms. The molecule has 2 amide bonds. The molecule has 4 N–H and O–H groups in total. The number of nitrogens with one attached hydrogen (secondary N) is 2. The molecular weight excluding hydrogens is 303 g/mol. The van der Waals surface area contributed by atoms with Gasteiger partial charge in [-0.2, -0.15) is 0 Å². The summed E-state index contributed by atoms with van der Waals surface area (Å²) in [7, 11) is 0. The predicted octanol–water partition coefficient (Wildman–Crippen LogP) is 0.965. The number of hydrogen-bond acceptors (Lipinski definition) is 4. The average molecular weight is 323 g/mol. The minimum Gasteiger partial charge on any atom is -0.355 e. The fourth-order valence-electron chi connectivity index (χ4n) is 1.24. The van der Waals surface area contributed by atoms with Gasteiger partial charge in [0.25, 0.3) is 0 Å². The van der Waals surface area contributed by atoms with Gasteiger partial charge < -0.3 is 16.4 Å². The van der Waals surface area contributed by atoms with E-state index in [9.17, 15) is 9.59 Å². The summed E-state index contributed by atoms with van der Waals surface area (Å²) in [5.74, 6) is -0.526. The van der Waals surface area contributed by atoms with E-state index in [2.05, 4.69) is 15.6 Å². The lowest BCUT2D eigenvalue weighted by Crippen LogP contribution is -2.35. The Kier molecular flexibility index (Phi) is 12.0. The van der Waals surface area contributed by atoms with E-state index in [0.717, 1.165) is 0 Å². The summed E-state index contributed by atoms with van der Waals surface area (Å²) in [5.41, 5.74) is 6.00. The van der Waals surface area contributed by atoms with Gasteiger partial charge in [0.05, 0.1) is 11.9 Å². The smallest absolute Gasteiger partial charge is 0.226 e. The van der Waals surface area contributed by atoms with Crippen molar-refractivity contribution in [2.45, 2.75) is 13.3 Å². The number of nitrogens with two attached hydrogens (primary N) is 1. The Morgan fingerprint density at radius 1 is 1.40 bits per heavy atom. The molecule has 1 rings (SSSR count). The average Bonchev–Trinajstić information content (AvgIpc) is 2.38. The molecule has 0 aliphatic carbocycles. The number of hydrogen-bond donors (Lipinski definition) is 3. The first-order chi connectivity index (χ1) is 8.63. The quantitative estimate of drug-likeness (QED) is 0.726. The van der Waals surface area contributed by atoms with Crippen LogP contribution in [0.4, 0.5) is 5.69 Å². The first kappa shape index (κ1) is 20.9. The zero-order chi connectivity index (χ0) is 13.4. The topological polar surface area (TPSA) is 97.1 Å². The van der Waals surface area contributed by atoms with Gasteiger partial charge in [-0.05, 0) is 12.1 Å². The molecule has 0 saturated heterocycles. The van der Waals surface area contributed by atoms with E-state index in [-0.39, 0.29) is 49.0 Å². The third kappa shape index (κ3) is 7.93. The van der Waals surface area contributed by atoms with Gasteiger partial charge in [-0.1, -0.05) is 6.92 Å². The lowest BCUT2D eigenvalue weighted by Gasteiger charge is -2.09. The number of aromatic nitrogens is 1. The SMILES string of the molecule is CC(CN)C(=O)NCCC(=O)Nc1cccnc1.Cl.Cl. The number of anilines is 1. The molecule has 0 spiro atoms. The van der Waals surface area contributed by atoms with E-state index in [1.54, 1.807) is 31.5 Å². The van der Waals surface area contributed by atoms with Crippen molar-refractivity contribution in [1.82, 2.24) is 10.3 Å². The molecule has 0 saturated carbocycles. The summed E-state index contributed by atoms with van der Waals surface area (Å²) < 4.78 is 0. The molecule has 6 nitrogen and oxygen atoms in total. The van der Waals surface area contributed by atoms with Crippen molar-refractivity contribution in [3.63, 3.8) is 0 Å². The van der Waals surface area contributed by atoms with Crippen molar-refractivity contribution in [2.75, 3.05) is 18.4 Å². The molecule has 1 unspecified atom stereocenters. The third-order valence-corrected chi connectivity index (χ3v) is 2.40. The van der Waals surface area contributed by atoms with Crippen LogP contribution in [0, 0.1) is 5.92 Å². The molecule has 114 valence electrons. The summed E-state index contributed by atoms with van der Waals surface area (Å²) in [6.07, 6.45) is 3.41. The summed E-state index contributed by atoms with van der Waals surface area (Å²) in [6, 6.07) is 3.49. The molecule has 8 heteroatoms. The van der Waals surface area contributed by atoms with Crippen LogP contribution in [-0.4, -0.2) is 29.9 Å². The molecule has 1 atom stereocenters. The Bertz CT molecular complexity index is 404. The summed E-state index contributed by atoms with van der Waals surface area (Å²) >= 11 is 0. The van der Waals surface area contributed by atoms with Gasteiger partial charge in [0, 0.05) is 31.6 Å². The van der Waals surface area contributed by atoms with Gasteiger partial charge in [0.1, 0.15) is 0 Å². The number of amides is 2. The van der Waals surface area contributed by atoms with Crippen LogP contribution in [0.15, 0.2) is 24.5 Å². The van der Waals surface area contributed by atoms with Crippen LogP contribution in [0.1, 0.15) is 13.3 Å². The molecule has 0 aliphatic heterocycles. The number of nitrogens with zero attached hydrogens (tertiary/aromatic N) is 1. The Labute approximate surface area is 130 Å². The van der Waals surface area contributed by atoms with E-state index < -0.39 is 0 Å². The number of pyridine rings is 1. The number of carbonyl (C=O) groups excluding carboxylic acids is 2. The minimum atomic E-state index is -0.230. The van der Waals surface area contributed by atoms with Gasteiger partial charge in [-0.3, -0.25) is 14.6 Å². The zero-order valence-corrected chi connectivity index (χ0v) is 12.8. The Balaban J connectivity index is 0. The Morgan fingerprint density at radius 2 is 2.10 bits per heavy atom. The van der Waals surface area contributed by atoms with E-state index in [0.29, 0.717) is 18.8 Å². The van der Waals surface area contributed by atoms with Crippen molar-refractivity contribution < 1.29 is 9.59 Å². The Morgan fingerprint density at radius 3 is 2.65 bits per heavy atom. The number of rotatable bonds is 6. The maximum atomic E-state index is 11.5. The molecule has 0 fully saturated rings. The molecule has 0 aromatic carbocycles. The fraction of sp³-hybridized carbons (Fsp3) is 0.417. The van der Waals surface area contributed by atoms with Crippen LogP contribution in [0.2, 0.25) is 0 Å². The highest BCUT2D eigenvalue weighted by Crippen LogP contribution is 2.02. The van der Waals surface area contributed by atoms with Crippen molar-refractivity contribution in [3.05, 3.63) is 24.5 Å². The van der Waals surface area contributed by atoms with Crippen LogP contribution >= 0.6 is 24.8 Å². The normalized spacial score (nSPS) is 10.5. The van der Waals surface area contributed by atoms with Crippen molar-refractivity contribution in [3.8, 4) is 0 Å². The van der Waals surface area contributed by atoms with Gasteiger partial charge in [0.2, 0.25) is 11.8 Å². The summed E-state index contributed by atoms with van der Waals surface area (Å²) in [5, 5.41) is 5.34. The maximum absolute atomic E-state index is 11.5. The molecule has 1 aromatic heterocycles. The fourth-order valence-corrected chi connectivity index (χ4v) is 1.24. The third-order valence-electron chi connectivity index (χ3n) is 2.40. The van der Waals surface area contributed by atoms with Crippen LogP contribution < -0.4 is 16.4 Å². The summed E-state index contributed by atoms with van der Waals surface area (Å²) in [4.78, 5) is 26.8. The summed E-state index contributed by atoms with van der Waals surface area (Å²) in [6.45, 7) is 2.34. The van der Waals surface area contributed by atoms with Crippen LogP contribution in [0.25, 0.3) is 0 Å². The van der Waals surface area contributed by atoms with Crippen molar-refractivity contribution in [1.29, 1.82) is 0 Å². The van der Waals surface area contributed by atoms with Crippen molar-refractivity contribution in [2.24, 2.45) is 11.7 Å². The van der Waals surface area contributed by atoms with Gasteiger partial charge >= 0.3 is 0 Å². The zero-order valence-electron chi connectivity index (χ0n) is 11.2. The molecule has 1 aromatic rings. The van der Waals surface area contributed by atoms with Gasteiger partial charge in [-0.15, -0.1) is 24.8 Å². The number of carbonyl (C=O) groups is 2. The largest absolute Gasteiger partial charge is 0.355 e. The van der Waals surface area contributed by atoms with Crippen LogP contribution in [0.5, 0.6) is 0 Å². The lowest BCUT2D eigenvalue weighted by atomic mass is 10.2. The molecule has 0 bridgehead atoms. The van der Waals surface area contributed by atoms with E-state index in [4.69, 9.17) is 5.73 Å². The van der Waals surface area contributed by atoms with E-state index >= 15 is 0 Å². The first-order valence-electron chi connectivity index (χ1n) is 5.81. The minimum absolute atomic E-state index is 0. The second-order valence-corrected chi connectivity index (χ2v) is 3.97. The highest BCUT2D eigenvalue weighted by molar-refractivity contribution is 5.91. The highest BCUT2D eigenvalue weighted by Gasteiger charge is 2.10. The lowest BCUT2D eigenvalue weighted by molar-refractivity contribution is -0.124.